The van der Waals surface area contributed by atoms with Gasteiger partial charge in [0.1, 0.15) is 17.9 Å². The smallest absolute Gasteiger partial charge is 0.139 e. The van der Waals surface area contributed by atoms with Crippen LogP contribution in [0.15, 0.2) is 0 Å². The number of aldehydes is 1. The zero-order valence-electron chi connectivity index (χ0n) is 6.63. The summed E-state index contributed by atoms with van der Waals surface area (Å²) in [6.07, 6.45) is 1.93. The maximum Gasteiger partial charge on any atom is 0.139 e. The molecule has 0 heterocycles. The summed E-state index contributed by atoms with van der Waals surface area (Å²) in [6, 6.07) is 0. The van der Waals surface area contributed by atoms with E-state index in [4.69, 9.17) is 0 Å². The fourth-order valence-electron chi connectivity index (χ4n) is 0.730. The SMILES string of the molecule is CC(=O)CCCC(=O)CC=O. The van der Waals surface area contributed by atoms with Gasteiger partial charge < -0.3 is 9.59 Å². The Morgan fingerprint density at radius 1 is 1.27 bits per heavy atom. The van der Waals surface area contributed by atoms with Crippen LogP contribution in [-0.2, 0) is 14.4 Å². The van der Waals surface area contributed by atoms with E-state index in [1.807, 2.05) is 0 Å². The Morgan fingerprint density at radius 3 is 2.36 bits per heavy atom. The van der Waals surface area contributed by atoms with E-state index in [0.29, 0.717) is 25.5 Å². The van der Waals surface area contributed by atoms with Crippen LogP contribution in [0.1, 0.15) is 32.6 Å². The van der Waals surface area contributed by atoms with Gasteiger partial charge in [-0.3, -0.25) is 4.79 Å². The molecule has 3 nitrogen and oxygen atoms in total. The van der Waals surface area contributed by atoms with Crippen molar-refractivity contribution in [2.24, 2.45) is 0 Å². The van der Waals surface area contributed by atoms with Gasteiger partial charge in [0.15, 0.2) is 0 Å². The minimum Gasteiger partial charge on any atom is -0.303 e. The predicted molar refractivity (Wildman–Crippen MR) is 40.2 cm³/mol. The standard InChI is InChI=1S/C8H12O3/c1-7(10)3-2-4-8(11)5-6-9/h6H,2-5H2,1H3. The number of carbonyl (C=O) groups is 3. The molecule has 3 heteroatoms. The monoisotopic (exact) mass is 156 g/mol. The molecule has 0 atom stereocenters. The summed E-state index contributed by atoms with van der Waals surface area (Å²) in [4.78, 5) is 30.9. The summed E-state index contributed by atoms with van der Waals surface area (Å²) in [6.45, 7) is 1.49. The minimum absolute atomic E-state index is 0.0160. The average molecular weight is 156 g/mol. The lowest BCUT2D eigenvalue weighted by atomic mass is 10.1. The van der Waals surface area contributed by atoms with Crippen molar-refractivity contribution in [1.29, 1.82) is 0 Å². The molecule has 0 amide bonds. The van der Waals surface area contributed by atoms with E-state index >= 15 is 0 Å². The summed E-state index contributed by atoms with van der Waals surface area (Å²) in [5.41, 5.74) is 0. The van der Waals surface area contributed by atoms with Gasteiger partial charge in [0.2, 0.25) is 0 Å². The van der Waals surface area contributed by atoms with Crippen molar-refractivity contribution in [3.05, 3.63) is 0 Å². The number of hydrogen-bond acceptors (Lipinski definition) is 3. The van der Waals surface area contributed by atoms with E-state index in [2.05, 4.69) is 0 Å². The maximum absolute atomic E-state index is 10.7. The summed E-state index contributed by atoms with van der Waals surface area (Å²) in [7, 11) is 0. The molecule has 0 N–H and O–H groups in total. The Labute approximate surface area is 65.8 Å². The third kappa shape index (κ3) is 6.90. The van der Waals surface area contributed by atoms with Gasteiger partial charge in [0, 0.05) is 12.8 Å². The Balaban J connectivity index is 3.31. The molecule has 0 fully saturated rings. The largest absolute Gasteiger partial charge is 0.303 e. The molecule has 0 aliphatic carbocycles. The van der Waals surface area contributed by atoms with E-state index in [-0.39, 0.29) is 18.0 Å². The predicted octanol–water partition coefficient (Wildman–Crippen LogP) is 0.904. The van der Waals surface area contributed by atoms with Gasteiger partial charge in [-0.1, -0.05) is 0 Å². The lowest BCUT2D eigenvalue weighted by Crippen LogP contribution is -1.99. The zero-order chi connectivity index (χ0) is 8.69. The summed E-state index contributed by atoms with van der Waals surface area (Å²) >= 11 is 0. The second kappa shape index (κ2) is 5.77. The highest BCUT2D eigenvalue weighted by molar-refractivity contribution is 5.89. The van der Waals surface area contributed by atoms with E-state index < -0.39 is 0 Å². The molecule has 0 aromatic rings. The third-order valence-corrected chi connectivity index (χ3v) is 1.30. The molecule has 0 radical (unpaired) electrons. The highest BCUT2D eigenvalue weighted by atomic mass is 16.1. The van der Waals surface area contributed by atoms with Gasteiger partial charge >= 0.3 is 0 Å². The van der Waals surface area contributed by atoms with Crippen molar-refractivity contribution < 1.29 is 14.4 Å². The fourth-order valence-corrected chi connectivity index (χ4v) is 0.730. The Kier molecular flexibility index (Phi) is 5.25. The number of Topliss-reactive ketones (excluding diaryl/α,β-unsaturated/α-hetero) is 2. The summed E-state index contributed by atoms with van der Waals surface area (Å²) < 4.78 is 0. The number of rotatable bonds is 6. The second-order valence-corrected chi connectivity index (χ2v) is 2.47. The van der Waals surface area contributed by atoms with Gasteiger partial charge in [-0.2, -0.15) is 0 Å². The molecule has 0 spiro atoms. The van der Waals surface area contributed by atoms with Crippen LogP contribution in [0.2, 0.25) is 0 Å². The first-order valence-corrected chi connectivity index (χ1v) is 3.61. The highest BCUT2D eigenvalue weighted by Crippen LogP contribution is 1.98. The Hall–Kier alpha value is -0.990. The van der Waals surface area contributed by atoms with Crippen LogP contribution >= 0.6 is 0 Å². The van der Waals surface area contributed by atoms with Crippen LogP contribution in [0.5, 0.6) is 0 Å². The van der Waals surface area contributed by atoms with Crippen molar-refractivity contribution in [2.45, 2.75) is 32.6 Å². The van der Waals surface area contributed by atoms with E-state index in [9.17, 15) is 14.4 Å². The fraction of sp³-hybridized carbons (Fsp3) is 0.625. The molecule has 0 bridgehead atoms. The van der Waals surface area contributed by atoms with Gasteiger partial charge in [0.25, 0.3) is 0 Å². The molecular formula is C8H12O3. The van der Waals surface area contributed by atoms with Crippen LogP contribution < -0.4 is 0 Å². The lowest BCUT2D eigenvalue weighted by Gasteiger charge is -1.93. The number of hydrogen-bond donors (Lipinski definition) is 0. The van der Waals surface area contributed by atoms with Crippen LogP contribution in [0.3, 0.4) is 0 Å². The molecular weight excluding hydrogens is 144 g/mol. The first kappa shape index (κ1) is 10.0. The lowest BCUT2D eigenvalue weighted by molar-refractivity contribution is -0.122. The number of ketones is 2. The van der Waals surface area contributed by atoms with Crippen molar-refractivity contribution in [2.75, 3.05) is 0 Å². The zero-order valence-corrected chi connectivity index (χ0v) is 6.63. The summed E-state index contributed by atoms with van der Waals surface area (Å²) in [5, 5.41) is 0. The first-order valence-electron chi connectivity index (χ1n) is 3.61. The van der Waals surface area contributed by atoms with Crippen molar-refractivity contribution in [1.82, 2.24) is 0 Å². The van der Waals surface area contributed by atoms with E-state index in [1.54, 1.807) is 0 Å². The molecule has 0 unspecified atom stereocenters. The van der Waals surface area contributed by atoms with Crippen molar-refractivity contribution in [3.8, 4) is 0 Å². The summed E-state index contributed by atoms with van der Waals surface area (Å²) in [5.74, 6) is 0.00477. The third-order valence-electron chi connectivity index (χ3n) is 1.30. The quantitative estimate of drug-likeness (QED) is 0.424. The van der Waals surface area contributed by atoms with Crippen molar-refractivity contribution in [3.63, 3.8) is 0 Å². The molecule has 0 aliphatic rings. The number of carbonyl (C=O) groups excluding carboxylic acids is 3. The minimum atomic E-state index is -0.0822. The Bertz CT molecular complexity index is 161. The van der Waals surface area contributed by atoms with Crippen LogP contribution in [-0.4, -0.2) is 17.9 Å². The Morgan fingerprint density at radius 2 is 1.91 bits per heavy atom. The second-order valence-electron chi connectivity index (χ2n) is 2.47. The molecule has 11 heavy (non-hydrogen) atoms. The molecule has 0 aliphatic heterocycles. The highest BCUT2D eigenvalue weighted by Gasteiger charge is 2.00. The molecule has 0 saturated carbocycles. The molecule has 62 valence electrons. The molecule has 0 aromatic carbocycles. The van der Waals surface area contributed by atoms with Crippen LogP contribution in [0.4, 0.5) is 0 Å². The average Bonchev–Trinajstić information content (AvgIpc) is 1.87. The van der Waals surface area contributed by atoms with Crippen LogP contribution in [0.25, 0.3) is 0 Å². The molecule has 0 saturated heterocycles. The molecule has 0 rings (SSSR count). The van der Waals surface area contributed by atoms with Gasteiger partial charge in [-0.15, -0.1) is 0 Å². The topological polar surface area (TPSA) is 51.2 Å². The first-order chi connectivity index (χ1) is 5.16. The van der Waals surface area contributed by atoms with Crippen LogP contribution in [0, 0.1) is 0 Å². The normalized spacial score (nSPS) is 9.18. The molecule has 0 aromatic heterocycles. The van der Waals surface area contributed by atoms with E-state index in [1.165, 1.54) is 6.92 Å². The van der Waals surface area contributed by atoms with Gasteiger partial charge in [-0.25, -0.2) is 0 Å². The van der Waals surface area contributed by atoms with Crippen molar-refractivity contribution >= 4 is 17.9 Å². The van der Waals surface area contributed by atoms with Gasteiger partial charge in [-0.05, 0) is 13.3 Å². The van der Waals surface area contributed by atoms with E-state index in [0.717, 1.165) is 0 Å². The van der Waals surface area contributed by atoms with Gasteiger partial charge in [0.05, 0.1) is 6.42 Å². The maximum atomic E-state index is 10.7.